The SMILES string of the molecule is CCCc1nccn1Cc1nc(NN)c2ccsc2n1. The van der Waals surface area contributed by atoms with Crippen molar-refractivity contribution >= 4 is 27.4 Å². The molecule has 3 aromatic rings. The van der Waals surface area contributed by atoms with Gasteiger partial charge < -0.3 is 9.99 Å². The minimum atomic E-state index is 0.609. The Morgan fingerprint density at radius 2 is 2.30 bits per heavy atom. The number of nitrogens with two attached hydrogens (primary N) is 1. The van der Waals surface area contributed by atoms with Crippen LogP contribution in [0.3, 0.4) is 0 Å². The minimum Gasteiger partial charge on any atom is -0.327 e. The molecule has 3 aromatic heterocycles. The summed E-state index contributed by atoms with van der Waals surface area (Å²) in [5.41, 5.74) is 2.65. The quantitative estimate of drug-likeness (QED) is 0.555. The molecule has 3 rings (SSSR count). The summed E-state index contributed by atoms with van der Waals surface area (Å²) >= 11 is 1.59. The van der Waals surface area contributed by atoms with Crippen molar-refractivity contribution in [3.05, 3.63) is 35.5 Å². The van der Waals surface area contributed by atoms with Crippen molar-refractivity contribution in [2.75, 3.05) is 5.43 Å². The van der Waals surface area contributed by atoms with Gasteiger partial charge in [0, 0.05) is 18.8 Å². The van der Waals surface area contributed by atoms with Gasteiger partial charge in [-0.2, -0.15) is 0 Å². The van der Waals surface area contributed by atoms with Gasteiger partial charge in [-0.25, -0.2) is 20.8 Å². The third-order valence-electron chi connectivity index (χ3n) is 3.10. The molecule has 104 valence electrons. The van der Waals surface area contributed by atoms with Crippen molar-refractivity contribution in [3.8, 4) is 0 Å². The number of aryl methyl sites for hydroxylation is 1. The van der Waals surface area contributed by atoms with Gasteiger partial charge in [-0.05, 0) is 17.9 Å². The highest BCUT2D eigenvalue weighted by atomic mass is 32.1. The van der Waals surface area contributed by atoms with Gasteiger partial charge in [0.05, 0.1) is 11.9 Å². The maximum atomic E-state index is 5.54. The molecule has 0 fully saturated rings. The van der Waals surface area contributed by atoms with E-state index in [-0.39, 0.29) is 0 Å². The van der Waals surface area contributed by atoms with Crippen LogP contribution >= 0.6 is 11.3 Å². The molecule has 0 aliphatic heterocycles. The summed E-state index contributed by atoms with van der Waals surface area (Å²) in [6, 6.07) is 1.97. The number of hydrogen-bond donors (Lipinski definition) is 2. The lowest BCUT2D eigenvalue weighted by Gasteiger charge is -2.08. The van der Waals surface area contributed by atoms with Crippen molar-refractivity contribution in [2.24, 2.45) is 5.84 Å². The highest BCUT2D eigenvalue weighted by Gasteiger charge is 2.10. The van der Waals surface area contributed by atoms with Crippen LogP contribution in [0.1, 0.15) is 25.0 Å². The standard InChI is InChI=1S/C13H16N6S/c1-2-3-11-15-5-6-19(11)8-10-16-12(18-14)9-4-7-20-13(9)17-10/h4-7H,2-3,8,14H2,1H3,(H,16,17,18). The highest BCUT2D eigenvalue weighted by Crippen LogP contribution is 2.24. The topological polar surface area (TPSA) is 81.7 Å². The third kappa shape index (κ3) is 2.37. The maximum Gasteiger partial charge on any atom is 0.152 e. The zero-order valence-electron chi connectivity index (χ0n) is 11.2. The number of hydrogen-bond acceptors (Lipinski definition) is 6. The van der Waals surface area contributed by atoms with Gasteiger partial charge in [-0.3, -0.25) is 0 Å². The number of aromatic nitrogens is 4. The molecule has 6 nitrogen and oxygen atoms in total. The number of fused-ring (bicyclic) bond motifs is 1. The van der Waals surface area contributed by atoms with E-state index in [0.717, 1.165) is 34.7 Å². The Labute approximate surface area is 120 Å². The van der Waals surface area contributed by atoms with E-state index >= 15 is 0 Å². The summed E-state index contributed by atoms with van der Waals surface area (Å²) in [5.74, 6) is 8.01. The second kappa shape index (κ2) is 5.56. The largest absolute Gasteiger partial charge is 0.327 e. The Kier molecular flexibility index (Phi) is 3.62. The normalized spacial score (nSPS) is 11.1. The number of imidazole rings is 1. The molecular weight excluding hydrogens is 272 g/mol. The number of thiophene rings is 1. The van der Waals surface area contributed by atoms with Gasteiger partial charge in [0.25, 0.3) is 0 Å². The Morgan fingerprint density at radius 1 is 1.40 bits per heavy atom. The first kappa shape index (κ1) is 13.0. The van der Waals surface area contributed by atoms with E-state index in [2.05, 4.69) is 31.9 Å². The summed E-state index contributed by atoms with van der Waals surface area (Å²) in [4.78, 5) is 14.4. The first-order valence-corrected chi connectivity index (χ1v) is 7.40. The Bertz CT molecular complexity index is 717. The lowest BCUT2D eigenvalue weighted by atomic mass is 10.3. The molecule has 0 saturated heterocycles. The van der Waals surface area contributed by atoms with E-state index in [1.54, 1.807) is 11.3 Å². The van der Waals surface area contributed by atoms with E-state index in [1.165, 1.54) is 0 Å². The van der Waals surface area contributed by atoms with Crippen molar-refractivity contribution in [2.45, 2.75) is 26.3 Å². The zero-order chi connectivity index (χ0) is 13.9. The monoisotopic (exact) mass is 288 g/mol. The lowest BCUT2D eigenvalue weighted by molar-refractivity contribution is 0.681. The summed E-state index contributed by atoms with van der Waals surface area (Å²) in [5, 5.41) is 2.95. The van der Waals surface area contributed by atoms with Crippen LogP contribution in [0.5, 0.6) is 0 Å². The van der Waals surface area contributed by atoms with Crippen LogP contribution in [0.2, 0.25) is 0 Å². The predicted molar refractivity (Wildman–Crippen MR) is 80.5 cm³/mol. The fourth-order valence-corrected chi connectivity index (χ4v) is 2.95. The average molecular weight is 288 g/mol. The summed E-state index contributed by atoms with van der Waals surface area (Å²) in [6.07, 6.45) is 5.80. The van der Waals surface area contributed by atoms with Gasteiger partial charge in [-0.15, -0.1) is 11.3 Å². The van der Waals surface area contributed by atoms with Crippen LogP contribution < -0.4 is 11.3 Å². The molecule has 0 radical (unpaired) electrons. The number of hydrazine groups is 1. The predicted octanol–water partition coefficient (Wildman–Crippen LogP) is 2.17. The van der Waals surface area contributed by atoms with Crippen LogP contribution in [0.25, 0.3) is 10.2 Å². The number of nitrogens with one attached hydrogen (secondary N) is 1. The molecule has 0 bridgehead atoms. The van der Waals surface area contributed by atoms with E-state index < -0.39 is 0 Å². The van der Waals surface area contributed by atoms with Crippen molar-refractivity contribution < 1.29 is 0 Å². The smallest absolute Gasteiger partial charge is 0.152 e. The number of nitrogen functional groups attached to an aromatic ring is 1. The minimum absolute atomic E-state index is 0.609. The van der Waals surface area contributed by atoms with E-state index in [9.17, 15) is 0 Å². The Hall–Kier alpha value is -1.99. The van der Waals surface area contributed by atoms with Gasteiger partial charge in [0.15, 0.2) is 11.6 Å². The molecule has 0 unspecified atom stereocenters. The molecule has 0 aliphatic carbocycles. The molecule has 0 aliphatic rings. The average Bonchev–Trinajstić information content (AvgIpc) is 3.08. The van der Waals surface area contributed by atoms with Gasteiger partial charge in [0.2, 0.25) is 0 Å². The lowest BCUT2D eigenvalue weighted by Crippen LogP contribution is -2.13. The second-order valence-electron chi connectivity index (χ2n) is 4.49. The van der Waals surface area contributed by atoms with E-state index in [0.29, 0.717) is 12.4 Å². The Balaban J connectivity index is 1.95. The van der Waals surface area contributed by atoms with Gasteiger partial charge in [-0.1, -0.05) is 6.92 Å². The van der Waals surface area contributed by atoms with Crippen LogP contribution in [-0.4, -0.2) is 19.5 Å². The zero-order valence-corrected chi connectivity index (χ0v) is 12.0. The molecular formula is C13H16N6S. The summed E-state index contributed by atoms with van der Waals surface area (Å²) < 4.78 is 2.08. The van der Waals surface area contributed by atoms with Crippen molar-refractivity contribution in [1.82, 2.24) is 19.5 Å². The van der Waals surface area contributed by atoms with Crippen LogP contribution in [0.15, 0.2) is 23.8 Å². The molecule has 3 heterocycles. The first-order valence-electron chi connectivity index (χ1n) is 6.52. The number of anilines is 1. The van der Waals surface area contributed by atoms with E-state index in [4.69, 9.17) is 5.84 Å². The third-order valence-corrected chi connectivity index (χ3v) is 3.90. The number of rotatable bonds is 5. The van der Waals surface area contributed by atoms with Gasteiger partial charge in [0.1, 0.15) is 10.7 Å². The van der Waals surface area contributed by atoms with Crippen LogP contribution in [0.4, 0.5) is 5.82 Å². The summed E-state index contributed by atoms with van der Waals surface area (Å²) in [6.45, 7) is 2.75. The Morgan fingerprint density at radius 3 is 3.10 bits per heavy atom. The molecule has 0 aromatic carbocycles. The fraction of sp³-hybridized carbons (Fsp3) is 0.308. The molecule has 0 saturated carbocycles. The maximum absolute atomic E-state index is 5.54. The fourth-order valence-electron chi connectivity index (χ4n) is 2.17. The molecule has 20 heavy (non-hydrogen) atoms. The van der Waals surface area contributed by atoms with Gasteiger partial charge >= 0.3 is 0 Å². The molecule has 0 amide bonds. The molecule has 3 N–H and O–H groups in total. The highest BCUT2D eigenvalue weighted by molar-refractivity contribution is 7.16. The molecule has 0 spiro atoms. The second-order valence-corrected chi connectivity index (χ2v) is 5.39. The number of nitrogens with zero attached hydrogens (tertiary/aromatic N) is 4. The van der Waals surface area contributed by atoms with Crippen molar-refractivity contribution in [3.63, 3.8) is 0 Å². The van der Waals surface area contributed by atoms with Crippen LogP contribution in [0, 0.1) is 0 Å². The molecule has 0 atom stereocenters. The first-order chi connectivity index (χ1) is 9.81. The van der Waals surface area contributed by atoms with Crippen molar-refractivity contribution in [1.29, 1.82) is 0 Å². The van der Waals surface area contributed by atoms with E-state index in [1.807, 2.05) is 23.8 Å². The molecule has 7 heteroatoms. The van der Waals surface area contributed by atoms with Crippen LogP contribution in [-0.2, 0) is 13.0 Å². The summed E-state index contributed by atoms with van der Waals surface area (Å²) in [7, 11) is 0.